The summed E-state index contributed by atoms with van der Waals surface area (Å²) in [7, 11) is 3.98. The van der Waals surface area contributed by atoms with E-state index in [2.05, 4.69) is 9.80 Å². The molecule has 0 N–H and O–H groups in total. The van der Waals surface area contributed by atoms with E-state index in [0.717, 1.165) is 69.0 Å². The Balaban J connectivity index is 1.36. The minimum Gasteiger partial charge on any atom is -0.378 e. The van der Waals surface area contributed by atoms with Gasteiger partial charge in [-0.1, -0.05) is 6.07 Å². The third-order valence-electron chi connectivity index (χ3n) is 6.32. The molecule has 1 atom stereocenters. The lowest BCUT2D eigenvalue weighted by molar-refractivity contribution is 0.0563. The number of rotatable bonds is 4. The molecule has 1 amide bonds. The summed E-state index contributed by atoms with van der Waals surface area (Å²) < 4.78 is 13.2. The van der Waals surface area contributed by atoms with Crippen LogP contribution in [0.2, 0.25) is 0 Å². The first-order valence-corrected chi connectivity index (χ1v) is 10.8. The minimum atomic E-state index is -0.194. The van der Waals surface area contributed by atoms with Crippen LogP contribution in [-0.2, 0) is 0 Å². The van der Waals surface area contributed by atoms with Crippen molar-refractivity contribution in [2.24, 2.45) is 0 Å². The van der Waals surface area contributed by atoms with Crippen molar-refractivity contribution in [1.82, 2.24) is 9.80 Å². The molecule has 2 aliphatic heterocycles. The van der Waals surface area contributed by atoms with Gasteiger partial charge in [-0.05, 0) is 55.3 Å². The highest BCUT2D eigenvalue weighted by Crippen LogP contribution is 2.23. The lowest BCUT2D eigenvalue weighted by Gasteiger charge is -2.44. The summed E-state index contributed by atoms with van der Waals surface area (Å²) in [5.41, 5.74) is 2.89. The lowest BCUT2D eigenvalue weighted by atomic mass is 10.0. The summed E-state index contributed by atoms with van der Waals surface area (Å²) in [5, 5.41) is 0. The predicted octanol–water partition coefficient (Wildman–Crippen LogP) is 3.32. The summed E-state index contributed by atoms with van der Waals surface area (Å²) >= 11 is 0. The molecule has 2 saturated heterocycles. The van der Waals surface area contributed by atoms with Gasteiger partial charge in [0.2, 0.25) is 0 Å². The predicted molar refractivity (Wildman–Crippen MR) is 120 cm³/mol. The number of benzene rings is 2. The first-order chi connectivity index (χ1) is 14.5. The minimum absolute atomic E-state index is 0.133. The average molecular weight is 411 g/mol. The molecular weight excluding hydrogens is 379 g/mol. The van der Waals surface area contributed by atoms with Crippen LogP contribution in [0.15, 0.2) is 48.5 Å². The molecule has 0 bridgehead atoms. The van der Waals surface area contributed by atoms with Gasteiger partial charge in [-0.3, -0.25) is 9.69 Å². The average Bonchev–Trinajstić information content (AvgIpc) is 2.79. The van der Waals surface area contributed by atoms with Gasteiger partial charge in [0, 0.05) is 76.3 Å². The number of carbonyl (C=O) groups excluding carboxylic acids is 1. The second-order valence-electron chi connectivity index (χ2n) is 8.49. The van der Waals surface area contributed by atoms with Gasteiger partial charge in [-0.15, -0.1) is 0 Å². The number of carbonyl (C=O) groups is 1. The van der Waals surface area contributed by atoms with Crippen LogP contribution in [0.3, 0.4) is 0 Å². The Morgan fingerprint density at radius 1 is 1.00 bits per heavy atom. The number of nitrogens with zero attached hydrogens (tertiary/aromatic N) is 4. The third-order valence-corrected chi connectivity index (χ3v) is 6.32. The van der Waals surface area contributed by atoms with Crippen molar-refractivity contribution in [3.63, 3.8) is 0 Å². The van der Waals surface area contributed by atoms with E-state index in [4.69, 9.17) is 0 Å². The molecule has 2 heterocycles. The normalized spacial score (nSPS) is 20.3. The SMILES string of the molecule is CN(C)c1cccc(C(=O)N2CCC[C@@H](N3CCN(c4ccc(F)cc4)CC3)C2)c1. The zero-order valence-corrected chi connectivity index (χ0v) is 17.9. The Kier molecular flexibility index (Phi) is 6.23. The zero-order chi connectivity index (χ0) is 21.1. The molecule has 4 rings (SSSR count). The van der Waals surface area contributed by atoms with Crippen LogP contribution in [0, 0.1) is 5.82 Å². The Bertz CT molecular complexity index is 862. The summed E-state index contributed by atoms with van der Waals surface area (Å²) in [4.78, 5) is 22.0. The molecule has 30 heavy (non-hydrogen) atoms. The van der Waals surface area contributed by atoms with Gasteiger partial charge in [0.15, 0.2) is 0 Å². The van der Waals surface area contributed by atoms with Crippen molar-refractivity contribution < 1.29 is 9.18 Å². The topological polar surface area (TPSA) is 30.0 Å². The number of hydrogen-bond donors (Lipinski definition) is 0. The van der Waals surface area contributed by atoms with Crippen molar-refractivity contribution in [1.29, 1.82) is 0 Å². The molecule has 2 fully saturated rings. The van der Waals surface area contributed by atoms with Gasteiger partial charge in [0.05, 0.1) is 0 Å². The largest absolute Gasteiger partial charge is 0.378 e. The molecule has 0 unspecified atom stereocenters. The fraction of sp³-hybridized carbons (Fsp3) is 0.458. The van der Waals surface area contributed by atoms with Gasteiger partial charge >= 0.3 is 0 Å². The highest BCUT2D eigenvalue weighted by Gasteiger charge is 2.30. The van der Waals surface area contributed by atoms with Gasteiger partial charge in [0.25, 0.3) is 5.91 Å². The number of halogens is 1. The number of anilines is 2. The van der Waals surface area contributed by atoms with Gasteiger partial charge in [0.1, 0.15) is 5.82 Å². The lowest BCUT2D eigenvalue weighted by Crippen LogP contribution is -2.55. The van der Waals surface area contributed by atoms with Crippen molar-refractivity contribution in [2.45, 2.75) is 18.9 Å². The molecule has 6 heteroatoms. The van der Waals surface area contributed by atoms with E-state index >= 15 is 0 Å². The summed E-state index contributed by atoms with van der Waals surface area (Å²) in [5.74, 6) is -0.0613. The quantitative estimate of drug-likeness (QED) is 0.774. The van der Waals surface area contributed by atoms with Crippen molar-refractivity contribution in [3.8, 4) is 0 Å². The van der Waals surface area contributed by atoms with E-state index in [0.29, 0.717) is 6.04 Å². The monoisotopic (exact) mass is 410 g/mol. The molecule has 2 aliphatic rings. The van der Waals surface area contributed by atoms with E-state index in [1.165, 1.54) is 12.1 Å². The Labute approximate surface area is 178 Å². The number of piperazine rings is 1. The molecule has 0 saturated carbocycles. The maximum Gasteiger partial charge on any atom is 0.253 e. The number of hydrogen-bond acceptors (Lipinski definition) is 4. The molecule has 0 radical (unpaired) electrons. The van der Waals surface area contributed by atoms with Gasteiger partial charge in [-0.25, -0.2) is 4.39 Å². The summed E-state index contributed by atoms with van der Waals surface area (Å²) in [6.07, 6.45) is 2.18. The Morgan fingerprint density at radius 3 is 2.43 bits per heavy atom. The van der Waals surface area contributed by atoms with Crippen LogP contribution in [0.5, 0.6) is 0 Å². The van der Waals surface area contributed by atoms with Gasteiger partial charge < -0.3 is 14.7 Å². The van der Waals surface area contributed by atoms with E-state index in [-0.39, 0.29) is 11.7 Å². The van der Waals surface area contributed by atoms with E-state index < -0.39 is 0 Å². The second kappa shape index (κ2) is 9.04. The molecule has 5 nitrogen and oxygen atoms in total. The van der Waals surface area contributed by atoms with Crippen LogP contribution >= 0.6 is 0 Å². The Hall–Kier alpha value is -2.60. The van der Waals surface area contributed by atoms with Crippen LogP contribution < -0.4 is 9.80 Å². The van der Waals surface area contributed by atoms with Crippen LogP contribution in [-0.4, -0.2) is 75.1 Å². The standard InChI is InChI=1S/C24H31FN4O/c1-26(2)22-6-3-5-19(17-22)24(30)29-12-4-7-23(18-29)28-15-13-27(14-16-28)21-10-8-20(25)9-11-21/h3,5-6,8-11,17,23H,4,7,12-16,18H2,1-2H3/t23-/m1/s1. The molecule has 2 aromatic rings. The molecule has 2 aromatic carbocycles. The number of piperidine rings is 1. The molecule has 0 aliphatic carbocycles. The molecule has 0 spiro atoms. The van der Waals surface area contributed by atoms with E-state index in [1.807, 2.05) is 60.3 Å². The van der Waals surface area contributed by atoms with Crippen LogP contribution in [0.1, 0.15) is 23.2 Å². The van der Waals surface area contributed by atoms with Crippen molar-refractivity contribution >= 4 is 17.3 Å². The Morgan fingerprint density at radius 2 is 1.73 bits per heavy atom. The highest BCUT2D eigenvalue weighted by atomic mass is 19.1. The number of likely N-dealkylation sites (tertiary alicyclic amines) is 1. The fourth-order valence-electron chi connectivity index (χ4n) is 4.53. The van der Waals surface area contributed by atoms with Crippen LogP contribution in [0.25, 0.3) is 0 Å². The summed E-state index contributed by atoms with van der Waals surface area (Å²) in [6.45, 7) is 5.43. The molecular formula is C24H31FN4O. The maximum atomic E-state index is 13.2. The highest BCUT2D eigenvalue weighted by molar-refractivity contribution is 5.95. The first-order valence-electron chi connectivity index (χ1n) is 10.8. The van der Waals surface area contributed by atoms with Crippen molar-refractivity contribution in [2.75, 3.05) is 63.2 Å². The molecule has 160 valence electrons. The number of amides is 1. The smallest absolute Gasteiger partial charge is 0.253 e. The fourth-order valence-corrected chi connectivity index (χ4v) is 4.53. The maximum absolute atomic E-state index is 13.2. The van der Waals surface area contributed by atoms with E-state index in [1.54, 1.807) is 0 Å². The third kappa shape index (κ3) is 4.59. The van der Waals surface area contributed by atoms with Crippen molar-refractivity contribution in [3.05, 3.63) is 59.9 Å². The molecule has 0 aromatic heterocycles. The van der Waals surface area contributed by atoms with Crippen LogP contribution in [0.4, 0.5) is 15.8 Å². The summed E-state index contributed by atoms with van der Waals surface area (Å²) in [6, 6.07) is 15.1. The first kappa shape index (κ1) is 20.7. The second-order valence-corrected chi connectivity index (χ2v) is 8.49. The van der Waals surface area contributed by atoms with E-state index in [9.17, 15) is 9.18 Å². The van der Waals surface area contributed by atoms with Gasteiger partial charge in [-0.2, -0.15) is 0 Å². The zero-order valence-electron chi connectivity index (χ0n) is 17.9.